The van der Waals surface area contributed by atoms with Crippen LogP contribution in [0.25, 0.3) is 33.4 Å². The fraction of sp³-hybridized carbons (Fsp3) is 0.156. The minimum absolute atomic E-state index is 0. The summed E-state index contributed by atoms with van der Waals surface area (Å²) in [5.41, 5.74) is 21.7. The Labute approximate surface area is 458 Å². The summed E-state index contributed by atoms with van der Waals surface area (Å²) in [6.07, 6.45) is 2.88. The van der Waals surface area contributed by atoms with E-state index in [0.717, 1.165) is 56.0 Å². The molecule has 0 amide bonds. The van der Waals surface area contributed by atoms with Crippen molar-refractivity contribution in [3.63, 3.8) is 0 Å². The van der Waals surface area contributed by atoms with Crippen LogP contribution in [0.2, 0.25) is 0 Å². The van der Waals surface area contributed by atoms with Crippen molar-refractivity contribution in [2.45, 2.75) is 39.3 Å². The molecule has 2 aliphatic heterocycles. The summed E-state index contributed by atoms with van der Waals surface area (Å²) < 4.78 is 32.8. The zero-order chi connectivity index (χ0) is 44.0. The topological polar surface area (TPSA) is 253 Å². The van der Waals surface area contributed by atoms with E-state index in [9.17, 15) is 5.11 Å². The Morgan fingerprint density at radius 1 is 0.738 bits per heavy atom. The van der Waals surface area contributed by atoms with Crippen molar-refractivity contribution >= 4 is 40.2 Å². The predicted molar refractivity (Wildman–Crippen MR) is 227 cm³/mol. The molecular formula is C45H39K2N9O9. The first-order chi connectivity index (χ1) is 30.7. The Hall–Kier alpha value is -4.97. The van der Waals surface area contributed by atoms with Gasteiger partial charge in [-0.25, -0.2) is 19.9 Å². The summed E-state index contributed by atoms with van der Waals surface area (Å²) in [6, 6.07) is 31.1. The van der Waals surface area contributed by atoms with Gasteiger partial charge in [-0.2, -0.15) is 5.26 Å². The van der Waals surface area contributed by atoms with E-state index in [1.54, 1.807) is 36.4 Å². The molecule has 18 nitrogen and oxygen atoms in total. The van der Waals surface area contributed by atoms with Crippen LogP contribution in [0.4, 0.5) is 11.6 Å². The van der Waals surface area contributed by atoms with Crippen molar-refractivity contribution in [2.24, 2.45) is 0 Å². The fourth-order valence-electron chi connectivity index (χ4n) is 7.58. The molecule has 5 N–H and O–H groups in total. The van der Waals surface area contributed by atoms with E-state index in [1.807, 2.05) is 80.6 Å². The number of carbonyl (C=O) groups excluding carboxylic acids is 1. The molecule has 0 spiro atoms. The van der Waals surface area contributed by atoms with Gasteiger partial charge in [-0.15, -0.1) is 0 Å². The number of phenolic OH excluding ortho intramolecular Hbond substituents is 1. The maximum absolute atomic E-state index is 9.58. The van der Waals surface area contributed by atoms with E-state index < -0.39 is 0 Å². The summed E-state index contributed by atoms with van der Waals surface area (Å²) in [5.74, 6) is 4.13. The Bertz CT molecular complexity index is 2990. The van der Waals surface area contributed by atoms with Crippen LogP contribution in [0.5, 0.6) is 34.5 Å². The van der Waals surface area contributed by atoms with Crippen molar-refractivity contribution in [1.29, 1.82) is 5.26 Å². The Kier molecular flexibility index (Phi) is 17.1. The number of anilines is 2. The molecule has 4 aromatic heterocycles. The van der Waals surface area contributed by atoms with Crippen LogP contribution in [0.15, 0.2) is 110 Å². The second kappa shape index (κ2) is 22.5. The van der Waals surface area contributed by atoms with Crippen LogP contribution in [-0.4, -0.2) is 47.3 Å². The number of nitrogen functional groups attached to an aromatic ring is 2. The van der Waals surface area contributed by atoms with Crippen molar-refractivity contribution in [3.8, 4) is 51.9 Å². The van der Waals surface area contributed by atoms with Gasteiger partial charge in [-0.3, -0.25) is 4.79 Å². The first-order valence-corrected chi connectivity index (χ1v) is 19.4. The molecule has 4 aromatic carbocycles. The maximum Gasteiger partial charge on any atom is 1.00 e. The summed E-state index contributed by atoms with van der Waals surface area (Å²) >= 11 is 0. The number of nitrogens with zero attached hydrogens (tertiary/aromatic N) is 7. The summed E-state index contributed by atoms with van der Waals surface area (Å²) in [6.45, 7) is 4.82. The molecule has 320 valence electrons. The smallest absolute Gasteiger partial charge is 1.00 e. The number of carbonyl (C=O) groups is 1. The predicted octanol–water partition coefficient (Wildman–Crippen LogP) is 0.936. The minimum atomic E-state index is -0.181. The number of benzene rings is 4. The third-order valence-corrected chi connectivity index (χ3v) is 10.2. The quantitative estimate of drug-likeness (QED) is 0.0788. The number of phenols is 1. The Balaban J connectivity index is 0.000000221. The molecule has 65 heavy (non-hydrogen) atoms. The van der Waals surface area contributed by atoms with Gasteiger partial charge in [-0.05, 0) is 86.6 Å². The number of hydrogen-bond donors (Lipinski definition) is 3. The first kappa shape index (κ1) is 49.5. The van der Waals surface area contributed by atoms with Gasteiger partial charge < -0.3 is 61.0 Å². The molecule has 2 aliphatic rings. The van der Waals surface area contributed by atoms with Crippen molar-refractivity contribution in [2.75, 3.05) is 18.1 Å². The second-order valence-electron chi connectivity index (χ2n) is 14.0. The molecule has 2 atom stereocenters. The summed E-state index contributed by atoms with van der Waals surface area (Å²) in [7, 11) is 0. The molecular weight excluding hydrogens is 889 g/mol. The van der Waals surface area contributed by atoms with Crippen LogP contribution in [0, 0.1) is 11.3 Å². The number of aromatic hydroxyl groups is 1. The zero-order valence-electron chi connectivity index (χ0n) is 36.7. The van der Waals surface area contributed by atoms with Crippen molar-refractivity contribution < 1.29 is 148 Å². The van der Waals surface area contributed by atoms with E-state index in [0.29, 0.717) is 53.6 Å². The van der Waals surface area contributed by atoms with Gasteiger partial charge in [-0.1, -0.05) is 12.1 Å². The monoisotopic (exact) mass is 927 g/mol. The molecule has 20 heteroatoms. The standard InChI is InChI=1S/C23H19N5O3.C21H18N4O3.CH2O3.2K.H/c1-14-20-19(12-30-14)28(22-21(20)26-13-27-23(22)25)15-5-7-16(8-6-15)31-18-4-2-3-17(11-18)29-10-9-24;1-12-18-17(10-27-12)25(20-19(18)23-11-24-21(20)22)13-5-7-15(8-6-13)28-16-4-2-3-14(26)9-16;2-1-4-3;;;/h2-8,11,13-14H,10,12H2,1H3,(H2,25,26,27);2-9,11-12,26H,10H2,1H3,(H2,22,23,24);1,3H;;;/q;;;2*+1;-1/p-1. The van der Waals surface area contributed by atoms with Crippen LogP contribution >= 0.6 is 0 Å². The van der Waals surface area contributed by atoms with E-state index in [-0.39, 0.29) is 135 Å². The SMILES string of the molecule is CC1OCc2c1c1ncnc(N)c1n2-c1ccc(Oc2cccc(O)c2)cc1.CC1OCc2c1c1ncnc(N)c1n2-c1ccc(Oc2cccc(OCC#N)c2)cc1.O=CO[O-].[H-].[K+].[K+]. The number of rotatable bonds is 9. The van der Waals surface area contributed by atoms with Gasteiger partial charge in [0.1, 0.15) is 75.3 Å². The van der Waals surface area contributed by atoms with Crippen molar-refractivity contribution in [3.05, 3.63) is 132 Å². The Morgan fingerprint density at radius 2 is 1.18 bits per heavy atom. The number of nitrogens with two attached hydrogens (primary N) is 2. The van der Waals surface area contributed by atoms with E-state index in [2.05, 4.69) is 34.0 Å². The minimum Gasteiger partial charge on any atom is -1.00 e. The molecule has 0 fully saturated rings. The number of nitriles is 1. The number of aromatic nitrogens is 6. The molecule has 8 aromatic rings. The van der Waals surface area contributed by atoms with Crippen molar-refractivity contribution in [1.82, 2.24) is 29.1 Å². The maximum atomic E-state index is 9.58. The molecule has 0 radical (unpaired) electrons. The van der Waals surface area contributed by atoms with Crippen LogP contribution < -0.4 is 134 Å². The summed E-state index contributed by atoms with van der Waals surface area (Å²) in [4.78, 5) is 28.5. The van der Waals surface area contributed by atoms with E-state index in [4.69, 9.17) is 50.5 Å². The summed E-state index contributed by atoms with van der Waals surface area (Å²) in [5, 5.41) is 26.7. The van der Waals surface area contributed by atoms with E-state index in [1.165, 1.54) is 12.7 Å². The number of ether oxygens (including phenoxy) is 5. The molecule has 0 aliphatic carbocycles. The Morgan fingerprint density at radius 3 is 1.63 bits per heavy atom. The van der Waals surface area contributed by atoms with Crippen LogP contribution in [-0.2, 0) is 32.4 Å². The normalized spacial score (nSPS) is 14.2. The van der Waals surface area contributed by atoms with Gasteiger partial charge in [0.2, 0.25) is 0 Å². The second-order valence-corrected chi connectivity index (χ2v) is 14.0. The third-order valence-electron chi connectivity index (χ3n) is 10.2. The number of hydrogen-bond acceptors (Lipinski definition) is 16. The van der Waals surface area contributed by atoms with E-state index >= 15 is 0 Å². The van der Waals surface area contributed by atoms with Crippen LogP contribution in [0.1, 0.15) is 50.0 Å². The van der Waals surface area contributed by atoms with Gasteiger partial charge in [0, 0.05) is 34.6 Å². The molecule has 6 heterocycles. The van der Waals surface area contributed by atoms with Gasteiger partial charge in [0.25, 0.3) is 6.47 Å². The van der Waals surface area contributed by atoms with Gasteiger partial charge in [0.05, 0.1) is 36.8 Å². The van der Waals surface area contributed by atoms with Gasteiger partial charge in [0.15, 0.2) is 18.2 Å². The number of fused-ring (bicyclic) bond motifs is 6. The average Bonchev–Trinajstić information content (AvgIpc) is 4.05. The molecule has 2 unspecified atom stereocenters. The zero-order valence-corrected chi connectivity index (χ0v) is 42.0. The molecule has 0 saturated heterocycles. The first-order valence-electron chi connectivity index (χ1n) is 19.4. The fourth-order valence-corrected chi connectivity index (χ4v) is 7.58. The van der Waals surface area contributed by atoms with Crippen LogP contribution in [0.3, 0.4) is 0 Å². The average molecular weight is 928 g/mol. The molecule has 0 saturated carbocycles. The molecule has 0 bridgehead atoms. The largest absolute Gasteiger partial charge is 1.00 e. The third kappa shape index (κ3) is 10.7. The van der Waals surface area contributed by atoms with Gasteiger partial charge >= 0.3 is 103 Å². The molecule has 10 rings (SSSR count).